The average molecular weight is 268 g/mol. The molecule has 0 saturated carbocycles. The van der Waals surface area contributed by atoms with E-state index in [0.29, 0.717) is 18.1 Å². The van der Waals surface area contributed by atoms with Crippen LogP contribution in [0.4, 0.5) is 0 Å². The van der Waals surface area contributed by atoms with Gasteiger partial charge in [0.25, 0.3) is 0 Å². The van der Waals surface area contributed by atoms with Crippen molar-refractivity contribution in [3.05, 3.63) is 0 Å². The molecular weight excluding hydrogens is 240 g/mol. The first kappa shape index (κ1) is 14.8. The van der Waals surface area contributed by atoms with Crippen molar-refractivity contribution in [2.75, 3.05) is 0 Å². The minimum atomic E-state index is -0.305. The van der Waals surface area contributed by atoms with Crippen molar-refractivity contribution < 1.29 is 14.3 Å². The molecule has 2 aliphatic rings. The summed E-state index contributed by atoms with van der Waals surface area (Å²) in [6.45, 7) is 8.26. The number of carbonyl (C=O) groups is 1. The zero-order valence-corrected chi connectivity index (χ0v) is 12.8. The molecule has 2 bridgehead atoms. The molecule has 4 unspecified atom stereocenters. The summed E-state index contributed by atoms with van der Waals surface area (Å²) in [6.07, 6.45) is 6.74. The zero-order valence-electron chi connectivity index (χ0n) is 12.8. The third kappa shape index (κ3) is 2.67. The van der Waals surface area contributed by atoms with Gasteiger partial charge in [-0.05, 0) is 38.5 Å². The second-order valence-electron chi connectivity index (χ2n) is 6.22. The molecule has 3 nitrogen and oxygen atoms in total. The van der Waals surface area contributed by atoms with E-state index in [1.54, 1.807) is 0 Å². The summed E-state index contributed by atoms with van der Waals surface area (Å²) in [6, 6.07) is 0. The molecule has 0 spiro atoms. The van der Waals surface area contributed by atoms with Crippen molar-refractivity contribution in [3.63, 3.8) is 0 Å². The van der Waals surface area contributed by atoms with Crippen molar-refractivity contribution in [3.8, 4) is 0 Å². The van der Waals surface area contributed by atoms with Gasteiger partial charge in [-0.15, -0.1) is 0 Å². The topological polar surface area (TPSA) is 35.5 Å². The Bertz CT molecular complexity index is 322. The standard InChI is InChI=1S/C16H28O3/c1-5-11(4)15(17)19-16(6-2,7-3)13-10-12-8-9-14(13)18-12/h11-14H,5-10H2,1-4H3. The van der Waals surface area contributed by atoms with E-state index in [4.69, 9.17) is 9.47 Å². The van der Waals surface area contributed by atoms with Crippen LogP contribution >= 0.6 is 0 Å². The summed E-state index contributed by atoms with van der Waals surface area (Å²) in [4.78, 5) is 12.2. The number of hydrogen-bond donors (Lipinski definition) is 0. The van der Waals surface area contributed by atoms with E-state index in [-0.39, 0.29) is 17.5 Å². The molecule has 3 heteroatoms. The Kier molecular flexibility index (Phi) is 4.54. The highest BCUT2D eigenvalue weighted by molar-refractivity contribution is 5.72. The van der Waals surface area contributed by atoms with E-state index in [9.17, 15) is 4.79 Å². The molecule has 0 aromatic rings. The lowest BCUT2D eigenvalue weighted by molar-refractivity contribution is -0.175. The van der Waals surface area contributed by atoms with Gasteiger partial charge in [-0.25, -0.2) is 0 Å². The quantitative estimate of drug-likeness (QED) is 0.689. The van der Waals surface area contributed by atoms with Gasteiger partial charge in [-0.3, -0.25) is 4.79 Å². The summed E-state index contributed by atoms with van der Waals surface area (Å²) < 4.78 is 12.0. The summed E-state index contributed by atoms with van der Waals surface area (Å²) in [5.41, 5.74) is -0.305. The molecule has 0 amide bonds. The minimum absolute atomic E-state index is 0.00279. The monoisotopic (exact) mass is 268 g/mol. The largest absolute Gasteiger partial charge is 0.458 e. The second kappa shape index (κ2) is 5.82. The fraction of sp³-hybridized carbons (Fsp3) is 0.938. The Morgan fingerprint density at radius 1 is 1.32 bits per heavy atom. The molecule has 2 fully saturated rings. The van der Waals surface area contributed by atoms with Crippen LogP contribution in [-0.2, 0) is 14.3 Å². The Morgan fingerprint density at radius 3 is 2.42 bits per heavy atom. The van der Waals surface area contributed by atoms with Crippen LogP contribution in [0.1, 0.15) is 66.2 Å². The van der Waals surface area contributed by atoms with Crippen LogP contribution in [-0.4, -0.2) is 23.8 Å². The summed E-state index contributed by atoms with van der Waals surface area (Å²) in [5.74, 6) is 0.361. The van der Waals surface area contributed by atoms with Crippen molar-refractivity contribution in [1.29, 1.82) is 0 Å². The molecule has 0 radical (unpaired) electrons. The lowest BCUT2D eigenvalue weighted by Gasteiger charge is -2.40. The van der Waals surface area contributed by atoms with Crippen molar-refractivity contribution in [2.45, 2.75) is 84.0 Å². The third-order valence-corrected chi connectivity index (χ3v) is 5.30. The molecule has 0 aromatic heterocycles. The molecule has 4 atom stereocenters. The predicted molar refractivity (Wildman–Crippen MR) is 74.9 cm³/mol. The Hall–Kier alpha value is -0.570. The summed E-state index contributed by atoms with van der Waals surface area (Å²) in [5, 5.41) is 0. The molecule has 19 heavy (non-hydrogen) atoms. The lowest BCUT2D eigenvalue weighted by Crippen LogP contribution is -2.46. The Balaban J connectivity index is 2.11. The SMILES string of the molecule is CCC(C)C(=O)OC(CC)(CC)C1CC2CCC1O2. The van der Waals surface area contributed by atoms with Gasteiger partial charge in [-0.2, -0.15) is 0 Å². The number of carbonyl (C=O) groups excluding carboxylic acids is 1. The zero-order chi connectivity index (χ0) is 14.0. The maximum Gasteiger partial charge on any atom is 0.309 e. The normalized spacial score (nSPS) is 31.5. The van der Waals surface area contributed by atoms with E-state index in [0.717, 1.165) is 32.1 Å². The van der Waals surface area contributed by atoms with Gasteiger partial charge in [0, 0.05) is 5.92 Å². The Labute approximate surface area is 117 Å². The molecule has 0 N–H and O–H groups in total. The van der Waals surface area contributed by atoms with Crippen LogP contribution in [0.5, 0.6) is 0 Å². The van der Waals surface area contributed by atoms with Gasteiger partial charge in [0.1, 0.15) is 5.60 Å². The van der Waals surface area contributed by atoms with Crippen LogP contribution in [0, 0.1) is 11.8 Å². The van der Waals surface area contributed by atoms with Gasteiger partial charge in [0.15, 0.2) is 0 Å². The number of rotatable bonds is 6. The highest BCUT2D eigenvalue weighted by Crippen LogP contribution is 2.48. The molecule has 0 aromatic carbocycles. The second-order valence-corrected chi connectivity index (χ2v) is 6.22. The fourth-order valence-electron chi connectivity index (χ4n) is 3.65. The molecule has 2 heterocycles. The van der Waals surface area contributed by atoms with Crippen LogP contribution in [0.2, 0.25) is 0 Å². The first-order valence-electron chi connectivity index (χ1n) is 7.94. The maximum absolute atomic E-state index is 12.2. The fourth-order valence-corrected chi connectivity index (χ4v) is 3.65. The van der Waals surface area contributed by atoms with E-state index in [1.165, 1.54) is 6.42 Å². The third-order valence-electron chi connectivity index (χ3n) is 5.30. The van der Waals surface area contributed by atoms with E-state index in [2.05, 4.69) is 13.8 Å². The van der Waals surface area contributed by atoms with E-state index < -0.39 is 0 Å². The highest BCUT2D eigenvalue weighted by Gasteiger charge is 2.52. The predicted octanol–water partition coefficient (Wildman–Crippen LogP) is 3.70. The van der Waals surface area contributed by atoms with Crippen molar-refractivity contribution in [2.24, 2.45) is 11.8 Å². The number of fused-ring (bicyclic) bond motifs is 2. The molecule has 110 valence electrons. The molecular formula is C16H28O3. The van der Waals surface area contributed by atoms with Gasteiger partial charge < -0.3 is 9.47 Å². The van der Waals surface area contributed by atoms with Gasteiger partial charge >= 0.3 is 5.97 Å². The van der Waals surface area contributed by atoms with E-state index >= 15 is 0 Å². The minimum Gasteiger partial charge on any atom is -0.458 e. The van der Waals surface area contributed by atoms with Gasteiger partial charge in [0.05, 0.1) is 18.1 Å². The van der Waals surface area contributed by atoms with Crippen LogP contribution in [0.3, 0.4) is 0 Å². The van der Waals surface area contributed by atoms with Crippen LogP contribution in [0.15, 0.2) is 0 Å². The first-order valence-corrected chi connectivity index (χ1v) is 7.94. The van der Waals surface area contributed by atoms with Crippen molar-refractivity contribution in [1.82, 2.24) is 0 Å². The average Bonchev–Trinajstić information content (AvgIpc) is 3.06. The maximum atomic E-state index is 12.2. The van der Waals surface area contributed by atoms with Gasteiger partial charge in [-0.1, -0.05) is 27.7 Å². The Morgan fingerprint density at radius 2 is 2.00 bits per heavy atom. The smallest absolute Gasteiger partial charge is 0.309 e. The van der Waals surface area contributed by atoms with Crippen LogP contribution in [0.25, 0.3) is 0 Å². The lowest BCUT2D eigenvalue weighted by atomic mass is 9.74. The molecule has 0 aliphatic carbocycles. The molecule has 2 saturated heterocycles. The van der Waals surface area contributed by atoms with Crippen molar-refractivity contribution >= 4 is 5.97 Å². The van der Waals surface area contributed by atoms with E-state index in [1.807, 2.05) is 13.8 Å². The number of ether oxygens (including phenoxy) is 2. The molecule has 2 rings (SSSR count). The number of esters is 1. The van der Waals surface area contributed by atoms with Gasteiger partial charge in [0.2, 0.25) is 0 Å². The highest BCUT2D eigenvalue weighted by atomic mass is 16.6. The number of hydrogen-bond acceptors (Lipinski definition) is 3. The van der Waals surface area contributed by atoms with Crippen LogP contribution < -0.4 is 0 Å². The first-order chi connectivity index (χ1) is 9.06. The molecule has 2 aliphatic heterocycles. The summed E-state index contributed by atoms with van der Waals surface area (Å²) >= 11 is 0. The summed E-state index contributed by atoms with van der Waals surface area (Å²) in [7, 11) is 0.